The van der Waals surface area contributed by atoms with E-state index in [1.54, 1.807) is 17.0 Å². The smallest absolute Gasteiger partial charge is 0.387 e. The van der Waals surface area contributed by atoms with Crippen molar-refractivity contribution in [3.63, 3.8) is 0 Å². The second-order valence-corrected chi connectivity index (χ2v) is 7.79. The van der Waals surface area contributed by atoms with Gasteiger partial charge in [0.2, 0.25) is 0 Å². The van der Waals surface area contributed by atoms with Gasteiger partial charge >= 0.3 is 6.61 Å². The normalized spacial score (nSPS) is 19.2. The van der Waals surface area contributed by atoms with Crippen LogP contribution in [0.4, 0.5) is 14.5 Å². The maximum absolute atomic E-state index is 13.6. The summed E-state index contributed by atoms with van der Waals surface area (Å²) in [6.07, 6.45) is 0. The molecule has 0 saturated carbocycles. The molecule has 2 heterocycles. The Hall–Kier alpha value is -3.04. The summed E-state index contributed by atoms with van der Waals surface area (Å²) in [6, 6.07) is 15.3. The lowest BCUT2D eigenvalue weighted by atomic mass is 9.93. The van der Waals surface area contributed by atoms with Crippen molar-refractivity contribution in [2.24, 2.45) is 0 Å². The first-order chi connectivity index (χ1) is 15.5. The van der Waals surface area contributed by atoms with Crippen molar-refractivity contribution in [2.45, 2.75) is 19.6 Å². The quantitative estimate of drug-likeness (QED) is 0.686. The van der Waals surface area contributed by atoms with Crippen LogP contribution in [-0.4, -0.2) is 48.8 Å². The maximum Gasteiger partial charge on any atom is 0.387 e. The van der Waals surface area contributed by atoms with Gasteiger partial charge in [0.15, 0.2) is 5.11 Å². The molecule has 2 aliphatic heterocycles. The van der Waals surface area contributed by atoms with E-state index in [-0.39, 0.29) is 11.7 Å². The highest BCUT2D eigenvalue weighted by molar-refractivity contribution is 7.80. The molecule has 2 aromatic rings. The summed E-state index contributed by atoms with van der Waals surface area (Å²) in [5.74, 6) is -0.0607. The molecule has 0 bridgehead atoms. The molecule has 9 heteroatoms. The van der Waals surface area contributed by atoms with Gasteiger partial charge in [-0.2, -0.15) is 8.78 Å². The number of carbonyl (C=O) groups excluding carboxylic acids is 1. The van der Waals surface area contributed by atoms with Crippen LogP contribution >= 0.6 is 12.2 Å². The predicted octanol–water partition coefficient (Wildman–Crippen LogP) is 3.86. The number of anilines is 1. The van der Waals surface area contributed by atoms with E-state index in [1.165, 1.54) is 12.1 Å². The molecule has 168 valence electrons. The molecule has 4 rings (SSSR count). The van der Waals surface area contributed by atoms with Gasteiger partial charge in [-0.15, -0.1) is 0 Å². The minimum atomic E-state index is -2.90. The zero-order valence-corrected chi connectivity index (χ0v) is 18.3. The molecule has 1 amide bonds. The zero-order valence-electron chi connectivity index (χ0n) is 17.5. The maximum atomic E-state index is 13.6. The van der Waals surface area contributed by atoms with Crippen molar-refractivity contribution in [3.8, 4) is 5.75 Å². The summed E-state index contributed by atoms with van der Waals surface area (Å²) >= 11 is 5.65. The van der Waals surface area contributed by atoms with Gasteiger partial charge in [0.25, 0.3) is 5.91 Å². The van der Waals surface area contributed by atoms with Crippen molar-refractivity contribution >= 4 is 28.9 Å². The monoisotopic (exact) mass is 459 g/mol. The van der Waals surface area contributed by atoms with E-state index in [0.29, 0.717) is 42.7 Å². The number of thiocarbonyl (C=S) groups is 1. The summed E-state index contributed by atoms with van der Waals surface area (Å²) in [6.45, 7) is 0.933. The highest BCUT2D eigenvalue weighted by Gasteiger charge is 2.36. The Morgan fingerprint density at radius 1 is 1.12 bits per heavy atom. The topological polar surface area (TPSA) is 54.0 Å². The minimum absolute atomic E-state index is 0.0507. The molecule has 0 spiro atoms. The molecule has 1 saturated heterocycles. The number of halogens is 2. The molecule has 32 heavy (non-hydrogen) atoms. The number of rotatable bonds is 5. The fourth-order valence-electron chi connectivity index (χ4n) is 3.94. The Bertz CT molecular complexity index is 1010. The van der Waals surface area contributed by atoms with E-state index in [9.17, 15) is 13.6 Å². The van der Waals surface area contributed by atoms with Crippen molar-refractivity contribution in [1.82, 2.24) is 10.2 Å². The molecule has 1 N–H and O–H groups in total. The van der Waals surface area contributed by atoms with Gasteiger partial charge in [-0.05, 0) is 49.0 Å². The first-order valence-electron chi connectivity index (χ1n) is 10.2. The van der Waals surface area contributed by atoms with Gasteiger partial charge < -0.3 is 19.7 Å². The van der Waals surface area contributed by atoms with Crippen LogP contribution in [0.3, 0.4) is 0 Å². The largest absolute Gasteiger partial charge is 0.435 e. The lowest BCUT2D eigenvalue weighted by Crippen LogP contribution is -2.51. The Morgan fingerprint density at radius 3 is 2.41 bits per heavy atom. The molecule has 0 aliphatic carbocycles. The van der Waals surface area contributed by atoms with Crippen LogP contribution in [-0.2, 0) is 9.53 Å². The van der Waals surface area contributed by atoms with Crippen molar-refractivity contribution in [3.05, 3.63) is 71.4 Å². The Balaban J connectivity index is 1.75. The number of para-hydroxylation sites is 1. The number of ether oxygens (including phenoxy) is 2. The van der Waals surface area contributed by atoms with Crippen LogP contribution in [0.5, 0.6) is 5.75 Å². The summed E-state index contributed by atoms with van der Waals surface area (Å²) in [5, 5.41) is 3.72. The minimum Gasteiger partial charge on any atom is -0.435 e. The Labute approximate surface area is 190 Å². The highest BCUT2D eigenvalue weighted by Crippen LogP contribution is 2.35. The van der Waals surface area contributed by atoms with Crippen LogP contribution in [0.15, 0.2) is 65.9 Å². The SMILES string of the molecule is CC1=C(C(=O)N2CCOCC2)[C@H](c2ccc(OC(F)F)cc2)NC(=S)N1c1ccccc1. The van der Waals surface area contributed by atoms with Gasteiger partial charge in [0.05, 0.1) is 24.8 Å². The van der Waals surface area contributed by atoms with E-state index >= 15 is 0 Å². The van der Waals surface area contributed by atoms with E-state index in [1.807, 2.05) is 42.2 Å². The van der Waals surface area contributed by atoms with E-state index in [0.717, 1.165) is 11.3 Å². The number of alkyl halides is 2. The van der Waals surface area contributed by atoms with Crippen LogP contribution < -0.4 is 15.0 Å². The summed E-state index contributed by atoms with van der Waals surface area (Å²) in [7, 11) is 0. The van der Waals surface area contributed by atoms with Gasteiger partial charge in [-0.1, -0.05) is 30.3 Å². The summed E-state index contributed by atoms with van der Waals surface area (Å²) in [4.78, 5) is 17.2. The number of nitrogens with zero attached hydrogens (tertiary/aromatic N) is 2. The van der Waals surface area contributed by atoms with Gasteiger partial charge in [0.1, 0.15) is 5.75 Å². The average molecular weight is 460 g/mol. The number of amides is 1. The third-order valence-electron chi connectivity index (χ3n) is 5.47. The number of benzene rings is 2. The highest BCUT2D eigenvalue weighted by atomic mass is 32.1. The molecule has 1 fully saturated rings. The van der Waals surface area contributed by atoms with Crippen LogP contribution in [0.25, 0.3) is 0 Å². The zero-order chi connectivity index (χ0) is 22.7. The molecule has 0 unspecified atom stereocenters. The van der Waals surface area contributed by atoms with Gasteiger partial charge in [-0.3, -0.25) is 9.69 Å². The molecule has 0 radical (unpaired) electrons. The number of morpholine rings is 1. The Morgan fingerprint density at radius 2 is 1.78 bits per heavy atom. The molecule has 2 aromatic carbocycles. The number of hydrogen-bond donors (Lipinski definition) is 1. The second kappa shape index (κ2) is 9.62. The third-order valence-corrected chi connectivity index (χ3v) is 5.77. The third kappa shape index (κ3) is 4.58. The van der Waals surface area contributed by atoms with Crippen molar-refractivity contribution in [2.75, 3.05) is 31.2 Å². The van der Waals surface area contributed by atoms with Crippen molar-refractivity contribution in [1.29, 1.82) is 0 Å². The standard InChI is InChI=1S/C23H23F2N3O3S/c1-15-19(21(29)27-11-13-30-14-12-27)20(16-7-9-18(10-8-16)31-22(24)25)26-23(32)28(15)17-5-3-2-4-6-17/h2-10,20,22H,11-14H2,1H3,(H,26,32)/t20-/m0/s1. The number of carbonyl (C=O) groups is 1. The summed E-state index contributed by atoms with van der Waals surface area (Å²) < 4.78 is 34.9. The van der Waals surface area contributed by atoms with Crippen LogP contribution in [0.2, 0.25) is 0 Å². The van der Waals surface area contributed by atoms with E-state index in [2.05, 4.69) is 10.1 Å². The molecule has 6 nitrogen and oxygen atoms in total. The fraction of sp³-hybridized carbons (Fsp3) is 0.304. The molecule has 0 aromatic heterocycles. The molecule has 2 aliphatic rings. The summed E-state index contributed by atoms with van der Waals surface area (Å²) in [5.41, 5.74) is 2.83. The second-order valence-electron chi connectivity index (χ2n) is 7.40. The number of nitrogens with one attached hydrogen (secondary N) is 1. The van der Waals surface area contributed by atoms with Crippen LogP contribution in [0.1, 0.15) is 18.5 Å². The first-order valence-corrected chi connectivity index (χ1v) is 10.6. The van der Waals surface area contributed by atoms with E-state index in [4.69, 9.17) is 17.0 Å². The van der Waals surface area contributed by atoms with E-state index < -0.39 is 12.7 Å². The Kier molecular flexibility index (Phi) is 6.66. The molecule has 1 atom stereocenters. The lowest BCUT2D eigenvalue weighted by molar-refractivity contribution is -0.131. The fourth-order valence-corrected chi connectivity index (χ4v) is 4.30. The average Bonchev–Trinajstić information content (AvgIpc) is 2.80. The van der Waals surface area contributed by atoms with Gasteiger partial charge in [0, 0.05) is 24.5 Å². The van der Waals surface area contributed by atoms with Crippen LogP contribution in [0, 0.1) is 0 Å². The first kappa shape index (κ1) is 22.2. The number of allylic oxidation sites excluding steroid dienone is 1. The lowest BCUT2D eigenvalue weighted by Gasteiger charge is -2.40. The number of hydrogen-bond acceptors (Lipinski definition) is 4. The predicted molar refractivity (Wildman–Crippen MR) is 121 cm³/mol. The van der Waals surface area contributed by atoms with Crippen molar-refractivity contribution < 1.29 is 23.0 Å². The van der Waals surface area contributed by atoms with Gasteiger partial charge in [-0.25, -0.2) is 0 Å². The molecular formula is C23H23F2N3O3S. The molecular weight excluding hydrogens is 436 g/mol.